The van der Waals surface area contributed by atoms with E-state index in [0.29, 0.717) is 12.8 Å². The molecule has 2 bridgehead atoms. The smallest absolute Gasteiger partial charge is 0.328 e. The number of carbonyl (C=O) groups is 3. The standard InChI is InChI=1S/C26H36N2O4/c1-32-26(31)22-18-20-13-10-12-19(17-20)11-6-3-2-4-9-16-23(29)28-24(25(30)27-22)21-14-7-5-8-15-21/h6,10-13,17,21-22,24H,2-5,7-9,14-16,18H2,1H3,(H,27,30)(H,28,29)/t22-,24-/m0/s1. The summed E-state index contributed by atoms with van der Waals surface area (Å²) in [7, 11) is 1.33. The largest absolute Gasteiger partial charge is 0.467 e. The first-order chi connectivity index (χ1) is 15.6. The van der Waals surface area contributed by atoms with E-state index < -0.39 is 18.1 Å². The van der Waals surface area contributed by atoms with Crippen LogP contribution in [0.25, 0.3) is 6.08 Å². The summed E-state index contributed by atoms with van der Waals surface area (Å²) in [6.07, 6.45) is 13.9. The maximum absolute atomic E-state index is 13.3. The van der Waals surface area contributed by atoms with Crippen LogP contribution in [0.3, 0.4) is 0 Å². The van der Waals surface area contributed by atoms with Crippen LogP contribution in [0.5, 0.6) is 0 Å². The van der Waals surface area contributed by atoms with E-state index in [1.54, 1.807) is 0 Å². The number of ether oxygens (including phenoxy) is 1. The SMILES string of the molecule is COC(=O)[C@@H]1Cc2cccc(c2)C=CCCCCCC(=O)N[C@@H](C2CCCCC2)C(=O)N1. The summed E-state index contributed by atoms with van der Waals surface area (Å²) in [5.74, 6) is -0.760. The topological polar surface area (TPSA) is 84.5 Å². The summed E-state index contributed by atoms with van der Waals surface area (Å²) in [6, 6.07) is 6.57. The Bertz CT molecular complexity index is 814. The van der Waals surface area contributed by atoms with Crippen LogP contribution in [0.2, 0.25) is 0 Å². The van der Waals surface area contributed by atoms with Crippen LogP contribution in [0.15, 0.2) is 30.3 Å². The number of benzene rings is 1. The Morgan fingerprint density at radius 2 is 1.78 bits per heavy atom. The Hall–Kier alpha value is -2.63. The third kappa shape index (κ3) is 7.21. The summed E-state index contributed by atoms with van der Waals surface area (Å²) < 4.78 is 4.98. The summed E-state index contributed by atoms with van der Waals surface area (Å²) in [6.45, 7) is 0. The van der Waals surface area contributed by atoms with Crippen LogP contribution in [-0.2, 0) is 25.5 Å². The van der Waals surface area contributed by atoms with Crippen molar-refractivity contribution < 1.29 is 19.1 Å². The lowest BCUT2D eigenvalue weighted by molar-refractivity contribution is -0.145. The summed E-state index contributed by atoms with van der Waals surface area (Å²) in [5.41, 5.74) is 2.02. The molecule has 2 N–H and O–H groups in total. The molecule has 0 saturated heterocycles. The fourth-order valence-electron chi connectivity index (χ4n) is 4.71. The van der Waals surface area contributed by atoms with Gasteiger partial charge in [0.15, 0.2) is 0 Å². The minimum Gasteiger partial charge on any atom is -0.467 e. The van der Waals surface area contributed by atoms with Crippen LogP contribution < -0.4 is 10.6 Å². The summed E-state index contributed by atoms with van der Waals surface area (Å²) in [4.78, 5) is 38.4. The van der Waals surface area contributed by atoms with Gasteiger partial charge >= 0.3 is 5.97 Å². The highest BCUT2D eigenvalue weighted by Gasteiger charge is 2.33. The second kappa shape index (κ2) is 12.4. The highest BCUT2D eigenvalue weighted by molar-refractivity contribution is 5.91. The van der Waals surface area contributed by atoms with Crippen molar-refractivity contribution in [3.63, 3.8) is 0 Å². The zero-order chi connectivity index (χ0) is 22.8. The van der Waals surface area contributed by atoms with Crippen LogP contribution in [0, 0.1) is 5.92 Å². The average molecular weight is 441 g/mol. The van der Waals surface area contributed by atoms with Gasteiger partial charge < -0.3 is 15.4 Å². The monoisotopic (exact) mass is 440 g/mol. The Labute approximate surface area is 191 Å². The number of methoxy groups -OCH3 is 1. The van der Waals surface area contributed by atoms with E-state index in [1.165, 1.54) is 7.11 Å². The molecule has 0 radical (unpaired) electrons. The zero-order valence-corrected chi connectivity index (χ0v) is 19.1. The first-order valence-corrected chi connectivity index (χ1v) is 12.0. The fourth-order valence-corrected chi connectivity index (χ4v) is 4.71. The van der Waals surface area contributed by atoms with Crippen LogP contribution in [0.1, 0.15) is 75.3 Å². The van der Waals surface area contributed by atoms with Gasteiger partial charge in [-0.1, -0.05) is 62.1 Å². The van der Waals surface area contributed by atoms with E-state index in [4.69, 9.17) is 4.74 Å². The lowest BCUT2D eigenvalue weighted by Gasteiger charge is -2.31. The Morgan fingerprint density at radius 1 is 1.00 bits per heavy atom. The molecular formula is C26H36N2O4. The van der Waals surface area contributed by atoms with Gasteiger partial charge in [-0.05, 0) is 49.1 Å². The van der Waals surface area contributed by atoms with Crippen molar-refractivity contribution in [3.05, 3.63) is 41.5 Å². The predicted octanol–water partition coefficient (Wildman–Crippen LogP) is 3.93. The molecule has 0 aromatic heterocycles. The van der Waals surface area contributed by atoms with E-state index in [2.05, 4.69) is 22.8 Å². The molecule has 1 saturated carbocycles. The molecule has 1 aliphatic carbocycles. The van der Waals surface area contributed by atoms with Crippen molar-refractivity contribution in [2.75, 3.05) is 7.11 Å². The second-order valence-electron chi connectivity index (χ2n) is 8.98. The molecule has 1 aromatic rings. The Balaban J connectivity index is 1.85. The Kier molecular flexibility index (Phi) is 9.32. The van der Waals surface area contributed by atoms with Crippen molar-refractivity contribution in [3.8, 4) is 0 Å². The minimum atomic E-state index is -0.801. The van der Waals surface area contributed by atoms with Crippen molar-refractivity contribution in [2.24, 2.45) is 5.92 Å². The number of allylic oxidation sites excluding steroid dienone is 1. The van der Waals surface area contributed by atoms with Crippen molar-refractivity contribution in [1.82, 2.24) is 10.6 Å². The molecule has 1 aliphatic heterocycles. The molecule has 2 amide bonds. The van der Waals surface area contributed by atoms with E-state index in [-0.39, 0.29) is 17.7 Å². The van der Waals surface area contributed by atoms with Gasteiger partial charge in [0.1, 0.15) is 12.1 Å². The number of hydrogen-bond donors (Lipinski definition) is 2. The van der Waals surface area contributed by atoms with Gasteiger partial charge in [-0.15, -0.1) is 0 Å². The predicted molar refractivity (Wildman–Crippen MR) is 125 cm³/mol. The maximum Gasteiger partial charge on any atom is 0.328 e. The van der Waals surface area contributed by atoms with Crippen molar-refractivity contribution >= 4 is 23.9 Å². The van der Waals surface area contributed by atoms with Crippen molar-refractivity contribution in [1.29, 1.82) is 0 Å². The molecule has 2 aliphatic rings. The van der Waals surface area contributed by atoms with Gasteiger partial charge in [0.05, 0.1) is 7.11 Å². The third-order valence-electron chi connectivity index (χ3n) is 6.50. The lowest BCUT2D eigenvalue weighted by Crippen LogP contribution is -2.55. The third-order valence-corrected chi connectivity index (χ3v) is 6.50. The maximum atomic E-state index is 13.3. The molecule has 6 heteroatoms. The first kappa shape index (κ1) is 24.0. The molecule has 1 heterocycles. The molecule has 0 spiro atoms. The summed E-state index contributed by atoms with van der Waals surface area (Å²) in [5, 5.41) is 5.89. The number of carbonyl (C=O) groups excluding carboxylic acids is 3. The number of amides is 2. The van der Waals surface area contributed by atoms with E-state index in [9.17, 15) is 14.4 Å². The molecular weight excluding hydrogens is 404 g/mol. The second-order valence-corrected chi connectivity index (χ2v) is 8.98. The molecule has 3 rings (SSSR count). The molecule has 0 unspecified atom stereocenters. The van der Waals surface area contributed by atoms with Gasteiger partial charge in [-0.25, -0.2) is 4.79 Å². The molecule has 174 valence electrons. The van der Waals surface area contributed by atoms with Crippen LogP contribution in [0.4, 0.5) is 0 Å². The van der Waals surface area contributed by atoms with E-state index >= 15 is 0 Å². The number of rotatable bonds is 2. The molecule has 32 heavy (non-hydrogen) atoms. The number of hydrogen-bond acceptors (Lipinski definition) is 4. The minimum absolute atomic E-state index is 0.0862. The van der Waals surface area contributed by atoms with Gasteiger partial charge in [-0.2, -0.15) is 0 Å². The number of fused-ring (bicyclic) bond motifs is 2. The van der Waals surface area contributed by atoms with Crippen LogP contribution >= 0.6 is 0 Å². The number of esters is 1. The fraction of sp³-hybridized carbons (Fsp3) is 0.577. The summed E-state index contributed by atoms with van der Waals surface area (Å²) >= 11 is 0. The van der Waals surface area contributed by atoms with Gasteiger partial charge in [0, 0.05) is 12.8 Å². The van der Waals surface area contributed by atoms with Gasteiger partial charge in [0.25, 0.3) is 0 Å². The van der Waals surface area contributed by atoms with E-state index in [1.807, 2.05) is 24.3 Å². The first-order valence-electron chi connectivity index (χ1n) is 12.0. The van der Waals surface area contributed by atoms with Gasteiger partial charge in [0.2, 0.25) is 11.8 Å². The normalized spacial score (nSPS) is 24.2. The van der Waals surface area contributed by atoms with E-state index in [0.717, 1.165) is 68.9 Å². The van der Waals surface area contributed by atoms with Crippen molar-refractivity contribution in [2.45, 2.75) is 82.7 Å². The molecule has 6 nitrogen and oxygen atoms in total. The molecule has 2 atom stereocenters. The molecule has 1 fully saturated rings. The van der Waals surface area contributed by atoms with Crippen LogP contribution in [-0.4, -0.2) is 37.0 Å². The molecule has 1 aromatic carbocycles. The lowest BCUT2D eigenvalue weighted by atomic mass is 9.83. The number of nitrogens with one attached hydrogen (secondary N) is 2. The Morgan fingerprint density at radius 3 is 2.56 bits per heavy atom. The quantitative estimate of drug-likeness (QED) is 0.683. The van der Waals surface area contributed by atoms with Gasteiger partial charge in [-0.3, -0.25) is 9.59 Å². The zero-order valence-electron chi connectivity index (χ0n) is 19.1. The highest BCUT2D eigenvalue weighted by atomic mass is 16.5. The highest BCUT2D eigenvalue weighted by Crippen LogP contribution is 2.27. The average Bonchev–Trinajstić information content (AvgIpc) is 2.81.